The first-order valence-corrected chi connectivity index (χ1v) is 6.20. The Morgan fingerprint density at radius 1 is 1.10 bits per heavy atom. The molecule has 2 rings (SSSR count). The Bertz CT molecular complexity index is 605. The maximum absolute atomic E-state index is 13.6. The lowest BCUT2D eigenvalue weighted by Gasteiger charge is -2.13. The molecular weight excluding hydrogens is 283 g/mol. The van der Waals surface area contributed by atoms with Crippen LogP contribution in [-0.4, -0.2) is 13.7 Å². The van der Waals surface area contributed by atoms with E-state index in [2.05, 4.69) is 10.1 Å². The predicted molar refractivity (Wildman–Crippen MR) is 73.4 cm³/mol. The van der Waals surface area contributed by atoms with E-state index in [4.69, 9.17) is 4.74 Å². The molecule has 0 saturated heterocycles. The van der Waals surface area contributed by atoms with Crippen LogP contribution in [-0.2, 0) is 6.54 Å². The van der Waals surface area contributed by atoms with E-state index in [0.717, 1.165) is 0 Å². The zero-order chi connectivity index (χ0) is 15.2. The third-order valence-corrected chi connectivity index (χ3v) is 2.80. The van der Waals surface area contributed by atoms with Gasteiger partial charge >= 0.3 is 6.61 Å². The quantitative estimate of drug-likeness (QED) is 0.872. The van der Waals surface area contributed by atoms with Crippen molar-refractivity contribution in [1.82, 2.24) is 0 Å². The third kappa shape index (κ3) is 4.05. The first kappa shape index (κ1) is 15.0. The topological polar surface area (TPSA) is 30.5 Å². The van der Waals surface area contributed by atoms with Gasteiger partial charge in [0.1, 0.15) is 5.75 Å². The van der Waals surface area contributed by atoms with E-state index in [1.54, 1.807) is 24.3 Å². The van der Waals surface area contributed by atoms with Crippen LogP contribution >= 0.6 is 0 Å². The summed E-state index contributed by atoms with van der Waals surface area (Å²) in [7, 11) is 1.38. The van der Waals surface area contributed by atoms with Gasteiger partial charge in [0.2, 0.25) is 0 Å². The first-order valence-electron chi connectivity index (χ1n) is 6.20. The van der Waals surface area contributed by atoms with E-state index < -0.39 is 12.4 Å². The molecule has 112 valence electrons. The Kier molecular flexibility index (Phi) is 4.92. The molecule has 0 fully saturated rings. The summed E-state index contributed by atoms with van der Waals surface area (Å²) in [5.74, 6) is -0.282. The van der Waals surface area contributed by atoms with Crippen LogP contribution in [0, 0.1) is 5.82 Å². The molecule has 1 N–H and O–H groups in total. The van der Waals surface area contributed by atoms with Gasteiger partial charge in [0.15, 0.2) is 11.6 Å². The van der Waals surface area contributed by atoms with Crippen LogP contribution in [0.25, 0.3) is 0 Å². The highest BCUT2D eigenvalue weighted by atomic mass is 19.3. The van der Waals surface area contributed by atoms with Crippen molar-refractivity contribution in [3.8, 4) is 11.5 Å². The van der Waals surface area contributed by atoms with Gasteiger partial charge in [-0.15, -0.1) is 0 Å². The zero-order valence-corrected chi connectivity index (χ0v) is 11.3. The van der Waals surface area contributed by atoms with Crippen LogP contribution in [0.3, 0.4) is 0 Å². The molecule has 0 aliphatic rings. The number of alkyl halides is 2. The number of hydrogen-bond acceptors (Lipinski definition) is 3. The molecule has 3 nitrogen and oxygen atoms in total. The van der Waals surface area contributed by atoms with Gasteiger partial charge in [0, 0.05) is 6.54 Å². The number of halogens is 3. The lowest BCUT2D eigenvalue weighted by Crippen LogP contribution is -2.06. The lowest BCUT2D eigenvalue weighted by atomic mass is 10.2. The molecule has 0 bridgehead atoms. The van der Waals surface area contributed by atoms with Crippen LogP contribution in [0.1, 0.15) is 5.56 Å². The van der Waals surface area contributed by atoms with E-state index in [0.29, 0.717) is 11.3 Å². The first-order chi connectivity index (χ1) is 10.1. The highest BCUT2D eigenvalue weighted by Gasteiger charge is 2.09. The minimum atomic E-state index is -2.90. The Balaban J connectivity index is 2.08. The second-order valence-electron chi connectivity index (χ2n) is 4.20. The number of methoxy groups -OCH3 is 1. The zero-order valence-electron chi connectivity index (χ0n) is 11.3. The molecule has 0 radical (unpaired) electrons. The van der Waals surface area contributed by atoms with Gasteiger partial charge < -0.3 is 14.8 Å². The van der Waals surface area contributed by atoms with Gasteiger partial charge in [-0.25, -0.2) is 4.39 Å². The van der Waals surface area contributed by atoms with Gasteiger partial charge in [-0.05, 0) is 29.8 Å². The summed E-state index contributed by atoms with van der Waals surface area (Å²) in [6.07, 6.45) is 0. The molecule has 0 heterocycles. The summed E-state index contributed by atoms with van der Waals surface area (Å²) in [5.41, 5.74) is 1.06. The van der Waals surface area contributed by atoms with E-state index in [-0.39, 0.29) is 18.0 Å². The van der Waals surface area contributed by atoms with Crippen molar-refractivity contribution in [2.45, 2.75) is 13.2 Å². The number of benzene rings is 2. The molecule has 0 spiro atoms. The minimum absolute atomic E-state index is 0.0430. The van der Waals surface area contributed by atoms with E-state index >= 15 is 0 Å². The lowest BCUT2D eigenvalue weighted by molar-refractivity contribution is -0.0493. The van der Waals surface area contributed by atoms with Gasteiger partial charge in [-0.1, -0.05) is 18.2 Å². The van der Waals surface area contributed by atoms with Crippen molar-refractivity contribution in [3.05, 3.63) is 53.8 Å². The van der Waals surface area contributed by atoms with Crippen molar-refractivity contribution in [3.63, 3.8) is 0 Å². The number of rotatable bonds is 6. The van der Waals surface area contributed by atoms with Crippen LogP contribution < -0.4 is 14.8 Å². The molecule has 0 aliphatic carbocycles. The van der Waals surface area contributed by atoms with Crippen LogP contribution in [0.15, 0.2) is 42.5 Å². The number of anilines is 1. The van der Waals surface area contributed by atoms with E-state index in [1.165, 1.54) is 25.3 Å². The highest BCUT2D eigenvalue weighted by Crippen LogP contribution is 2.26. The van der Waals surface area contributed by atoms with Crippen molar-refractivity contribution in [1.29, 1.82) is 0 Å². The molecular formula is C15H14F3NO2. The fourth-order valence-corrected chi connectivity index (χ4v) is 1.83. The number of para-hydroxylation sites is 2. The normalized spacial score (nSPS) is 10.5. The molecule has 0 saturated carbocycles. The predicted octanol–water partition coefficient (Wildman–Crippen LogP) is 4.05. The average molecular weight is 297 g/mol. The Morgan fingerprint density at radius 3 is 2.52 bits per heavy atom. The van der Waals surface area contributed by atoms with Crippen molar-refractivity contribution in [2.75, 3.05) is 12.4 Å². The maximum Gasteiger partial charge on any atom is 0.387 e. The molecule has 0 amide bonds. The van der Waals surface area contributed by atoms with Crippen molar-refractivity contribution in [2.24, 2.45) is 0 Å². The smallest absolute Gasteiger partial charge is 0.387 e. The summed E-state index contributed by atoms with van der Waals surface area (Å²) >= 11 is 0. The molecule has 0 aliphatic heterocycles. The number of nitrogens with one attached hydrogen (secondary N) is 1. The number of ether oxygens (including phenoxy) is 2. The fraction of sp³-hybridized carbons (Fsp3) is 0.200. The summed E-state index contributed by atoms with van der Waals surface area (Å²) in [4.78, 5) is 0. The maximum atomic E-state index is 13.6. The molecule has 0 aromatic heterocycles. The molecule has 21 heavy (non-hydrogen) atoms. The van der Waals surface area contributed by atoms with Gasteiger partial charge in [0.05, 0.1) is 12.8 Å². The van der Waals surface area contributed by atoms with E-state index in [9.17, 15) is 13.2 Å². The van der Waals surface area contributed by atoms with Crippen LogP contribution in [0.2, 0.25) is 0 Å². The monoisotopic (exact) mass is 297 g/mol. The van der Waals surface area contributed by atoms with Crippen LogP contribution in [0.4, 0.5) is 18.9 Å². The van der Waals surface area contributed by atoms with Crippen molar-refractivity contribution >= 4 is 5.69 Å². The molecule has 0 unspecified atom stereocenters. The summed E-state index contributed by atoms with van der Waals surface area (Å²) in [6.45, 7) is -2.63. The molecule has 2 aromatic carbocycles. The largest absolute Gasteiger partial charge is 0.494 e. The molecule has 6 heteroatoms. The Labute approximate surface area is 120 Å². The van der Waals surface area contributed by atoms with Crippen molar-refractivity contribution < 1.29 is 22.6 Å². The number of hydrogen-bond donors (Lipinski definition) is 1. The second kappa shape index (κ2) is 6.88. The molecule has 2 aromatic rings. The average Bonchev–Trinajstić information content (AvgIpc) is 2.46. The molecule has 0 atom stereocenters. The Morgan fingerprint density at radius 2 is 1.86 bits per heavy atom. The van der Waals surface area contributed by atoms with Crippen LogP contribution in [0.5, 0.6) is 11.5 Å². The Hall–Kier alpha value is -2.37. The standard InChI is InChI=1S/C15H14F3NO2/c1-20-13-7-6-10(8-11(13)16)9-19-12-4-2-3-5-14(12)21-15(17)18/h2-8,15,19H,9H2,1H3. The van der Waals surface area contributed by atoms with Gasteiger partial charge in [0.25, 0.3) is 0 Å². The SMILES string of the molecule is COc1ccc(CNc2ccccc2OC(F)F)cc1F. The summed E-state index contributed by atoms with van der Waals surface area (Å²) < 4.78 is 47.4. The minimum Gasteiger partial charge on any atom is -0.494 e. The second-order valence-corrected chi connectivity index (χ2v) is 4.20. The fourth-order valence-electron chi connectivity index (χ4n) is 1.83. The summed E-state index contributed by atoms with van der Waals surface area (Å²) in [6, 6.07) is 10.8. The van der Waals surface area contributed by atoms with Gasteiger partial charge in [-0.2, -0.15) is 8.78 Å². The highest BCUT2D eigenvalue weighted by molar-refractivity contribution is 5.56. The van der Waals surface area contributed by atoms with Gasteiger partial charge in [-0.3, -0.25) is 0 Å². The summed E-state index contributed by atoms with van der Waals surface area (Å²) in [5, 5.41) is 2.93. The third-order valence-electron chi connectivity index (χ3n) is 2.80. The van der Waals surface area contributed by atoms with E-state index in [1.807, 2.05) is 0 Å².